The molecule has 0 bridgehead atoms. The van der Waals surface area contributed by atoms with Crippen LogP contribution in [0.5, 0.6) is 5.75 Å². The van der Waals surface area contributed by atoms with E-state index >= 15 is 0 Å². The summed E-state index contributed by atoms with van der Waals surface area (Å²) in [5.74, 6) is 0.801. The van der Waals surface area contributed by atoms with E-state index in [0.29, 0.717) is 13.1 Å². The Kier molecular flexibility index (Phi) is 4.30. The number of urea groups is 1. The molecule has 1 heterocycles. The third kappa shape index (κ3) is 3.00. The third-order valence-electron chi connectivity index (χ3n) is 3.31. The van der Waals surface area contributed by atoms with Gasteiger partial charge in [0.2, 0.25) is 0 Å². The number of hydrogen-bond donors (Lipinski definition) is 1. The number of benzene rings is 1. The van der Waals surface area contributed by atoms with Gasteiger partial charge in [-0.1, -0.05) is 19.9 Å². The number of hydrogen-bond acceptors (Lipinski definition) is 2. The van der Waals surface area contributed by atoms with Gasteiger partial charge in [-0.25, -0.2) is 4.79 Å². The summed E-state index contributed by atoms with van der Waals surface area (Å²) in [6, 6.07) is 5.94. The molecule has 1 aliphatic heterocycles. The molecule has 0 aromatic heterocycles. The van der Waals surface area contributed by atoms with Crippen molar-refractivity contribution in [2.24, 2.45) is 0 Å². The fourth-order valence-electron chi connectivity index (χ4n) is 2.19. The summed E-state index contributed by atoms with van der Waals surface area (Å²) in [4.78, 5) is 14.1. The normalized spacial score (nSPS) is 17.6. The molecule has 2 rings (SSSR count). The van der Waals surface area contributed by atoms with E-state index in [2.05, 4.69) is 12.2 Å². The summed E-state index contributed by atoms with van der Waals surface area (Å²) in [6.07, 6.45) is 1.90. The van der Waals surface area contributed by atoms with Gasteiger partial charge in [0.05, 0.1) is 12.2 Å². The minimum atomic E-state index is -0.0320. The van der Waals surface area contributed by atoms with Crippen molar-refractivity contribution in [3.8, 4) is 5.75 Å². The maximum absolute atomic E-state index is 12.3. The Morgan fingerprint density at radius 1 is 1.47 bits per heavy atom. The Bertz CT molecular complexity index is 459. The Morgan fingerprint density at radius 2 is 2.26 bits per heavy atom. The smallest absolute Gasteiger partial charge is 0.322 e. The predicted octanol–water partition coefficient (Wildman–Crippen LogP) is 3.09. The molecule has 0 saturated carbocycles. The Morgan fingerprint density at radius 3 is 2.95 bits per heavy atom. The summed E-state index contributed by atoms with van der Waals surface area (Å²) in [7, 11) is 0. The van der Waals surface area contributed by atoms with Crippen molar-refractivity contribution in [2.75, 3.05) is 18.0 Å². The molecule has 1 aromatic rings. The van der Waals surface area contributed by atoms with Gasteiger partial charge in [-0.2, -0.15) is 0 Å². The van der Waals surface area contributed by atoms with Gasteiger partial charge >= 0.3 is 6.03 Å². The first-order valence-electron chi connectivity index (χ1n) is 6.98. The summed E-state index contributed by atoms with van der Waals surface area (Å²) in [5.41, 5.74) is 2.00. The molecule has 19 heavy (non-hydrogen) atoms. The van der Waals surface area contributed by atoms with Gasteiger partial charge < -0.3 is 10.1 Å². The lowest BCUT2D eigenvalue weighted by Gasteiger charge is -2.34. The van der Waals surface area contributed by atoms with E-state index in [-0.39, 0.29) is 12.1 Å². The Hall–Kier alpha value is -1.71. The summed E-state index contributed by atoms with van der Waals surface area (Å²) < 4.78 is 5.90. The van der Waals surface area contributed by atoms with Crippen LogP contribution in [0, 0.1) is 6.92 Å². The number of ether oxygens (including phenoxy) is 1. The number of carbonyl (C=O) groups excluding carboxylic acids is 1. The van der Waals surface area contributed by atoms with Crippen molar-refractivity contribution in [3.63, 3.8) is 0 Å². The number of carbonyl (C=O) groups is 1. The van der Waals surface area contributed by atoms with Crippen molar-refractivity contribution >= 4 is 11.7 Å². The molecule has 4 heteroatoms. The topological polar surface area (TPSA) is 41.6 Å². The first kappa shape index (κ1) is 13.7. The fraction of sp³-hybridized carbons (Fsp3) is 0.533. The van der Waals surface area contributed by atoms with Crippen molar-refractivity contribution in [1.29, 1.82) is 0 Å². The molecule has 0 unspecified atom stereocenters. The minimum absolute atomic E-state index is 0.0320. The first-order chi connectivity index (χ1) is 9.15. The Labute approximate surface area is 114 Å². The lowest BCUT2D eigenvalue weighted by molar-refractivity contribution is 0.186. The molecule has 4 nitrogen and oxygen atoms in total. The summed E-state index contributed by atoms with van der Waals surface area (Å²) in [5, 5.41) is 2.94. The molecule has 1 atom stereocenters. The van der Waals surface area contributed by atoms with Crippen molar-refractivity contribution in [1.82, 2.24) is 5.32 Å². The molecule has 0 saturated heterocycles. The molecule has 104 valence electrons. The minimum Gasteiger partial charge on any atom is -0.486 e. The van der Waals surface area contributed by atoms with Gasteiger partial charge in [0.1, 0.15) is 11.9 Å². The van der Waals surface area contributed by atoms with E-state index in [0.717, 1.165) is 29.8 Å². The molecule has 0 aliphatic carbocycles. The zero-order chi connectivity index (χ0) is 13.8. The second kappa shape index (κ2) is 5.95. The standard InChI is InChI=1S/C15H22N2O2/c1-4-8-16-15(18)17-10-12(5-2)19-14-7-6-11(3)9-13(14)17/h6-7,9,12H,4-5,8,10H2,1-3H3,(H,16,18)/t12-/m1/s1. The summed E-state index contributed by atoms with van der Waals surface area (Å²) >= 11 is 0. The highest BCUT2D eigenvalue weighted by molar-refractivity contribution is 5.94. The van der Waals surface area contributed by atoms with Crippen LogP contribution >= 0.6 is 0 Å². The average molecular weight is 262 g/mol. The molecule has 1 aromatic carbocycles. The molecule has 0 spiro atoms. The zero-order valence-corrected chi connectivity index (χ0v) is 11.9. The van der Waals surface area contributed by atoms with Crippen LogP contribution in [-0.4, -0.2) is 25.2 Å². The van der Waals surface area contributed by atoms with E-state index in [4.69, 9.17) is 4.74 Å². The van der Waals surface area contributed by atoms with E-state index in [1.807, 2.05) is 32.0 Å². The SMILES string of the molecule is CCCNC(=O)N1C[C@@H](CC)Oc2ccc(C)cc21. The van der Waals surface area contributed by atoms with Crippen LogP contribution in [0.1, 0.15) is 32.3 Å². The van der Waals surface area contributed by atoms with Crippen molar-refractivity contribution < 1.29 is 9.53 Å². The number of fused-ring (bicyclic) bond motifs is 1. The molecule has 0 radical (unpaired) electrons. The van der Waals surface area contributed by atoms with Crippen LogP contribution in [-0.2, 0) is 0 Å². The monoisotopic (exact) mass is 262 g/mol. The van der Waals surface area contributed by atoms with Gasteiger partial charge in [-0.15, -0.1) is 0 Å². The predicted molar refractivity (Wildman–Crippen MR) is 76.9 cm³/mol. The fourth-order valence-corrected chi connectivity index (χ4v) is 2.19. The zero-order valence-electron chi connectivity index (χ0n) is 11.9. The lowest BCUT2D eigenvalue weighted by Crippen LogP contribution is -2.48. The van der Waals surface area contributed by atoms with E-state index in [1.165, 1.54) is 0 Å². The van der Waals surface area contributed by atoms with Crippen molar-refractivity contribution in [3.05, 3.63) is 23.8 Å². The highest BCUT2D eigenvalue weighted by atomic mass is 16.5. The number of anilines is 1. The van der Waals surface area contributed by atoms with Gasteiger partial charge in [-0.3, -0.25) is 4.90 Å². The number of nitrogens with zero attached hydrogens (tertiary/aromatic N) is 1. The molecule has 1 N–H and O–H groups in total. The van der Waals surface area contributed by atoms with Crippen LogP contribution in [0.15, 0.2) is 18.2 Å². The van der Waals surface area contributed by atoms with Crippen LogP contribution in [0.2, 0.25) is 0 Å². The van der Waals surface area contributed by atoms with Crippen molar-refractivity contribution in [2.45, 2.75) is 39.7 Å². The second-order valence-electron chi connectivity index (χ2n) is 4.96. The Balaban J connectivity index is 2.27. The van der Waals surface area contributed by atoms with Gasteiger partial charge in [-0.05, 0) is 37.5 Å². The number of rotatable bonds is 3. The molecule has 2 amide bonds. The maximum Gasteiger partial charge on any atom is 0.322 e. The lowest BCUT2D eigenvalue weighted by atomic mass is 10.1. The number of aryl methyl sites for hydroxylation is 1. The summed E-state index contributed by atoms with van der Waals surface area (Å²) in [6.45, 7) is 7.46. The molecule has 0 fully saturated rings. The van der Waals surface area contributed by atoms with Gasteiger partial charge in [0.25, 0.3) is 0 Å². The number of amides is 2. The largest absolute Gasteiger partial charge is 0.486 e. The van der Waals surface area contributed by atoms with E-state index in [9.17, 15) is 4.79 Å². The van der Waals surface area contributed by atoms with Gasteiger partial charge in [0.15, 0.2) is 0 Å². The van der Waals surface area contributed by atoms with Crippen LogP contribution < -0.4 is 15.0 Å². The molecular weight excluding hydrogens is 240 g/mol. The molecule has 1 aliphatic rings. The van der Waals surface area contributed by atoms with E-state index in [1.54, 1.807) is 4.90 Å². The highest BCUT2D eigenvalue weighted by Crippen LogP contribution is 2.34. The molecular formula is C15H22N2O2. The van der Waals surface area contributed by atoms with Crippen LogP contribution in [0.4, 0.5) is 10.5 Å². The second-order valence-corrected chi connectivity index (χ2v) is 4.96. The highest BCUT2D eigenvalue weighted by Gasteiger charge is 2.28. The third-order valence-corrected chi connectivity index (χ3v) is 3.31. The average Bonchev–Trinajstić information content (AvgIpc) is 2.43. The van der Waals surface area contributed by atoms with E-state index < -0.39 is 0 Å². The van der Waals surface area contributed by atoms with Crippen LogP contribution in [0.25, 0.3) is 0 Å². The van der Waals surface area contributed by atoms with Gasteiger partial charge in [0, 0.05) is 6.54 Å². The first-order valence-corrected chi connectivity index (χ1v) is 6.98. The maximum atomic E-state index is 12.3. The van der Waals surface area contributed by atoms with Crippen LogP contribution in [0.3, 0.4) is 0 Å². The number of nitrogens with one attached hydrogen (secondary N) is 1. The quantitative estimate of drug-likeness (QED) is 0.909.